The number of thioether (sulfide) groups is 1. The van der Waals surface area contributed by atoms with E-state index in [4.69, 9.17) is 4.74 Å². The van der Waals surface area contributed by atoms with Crippen molar-refractivity contribution in [2.24, 2.45) is 0 Å². The third-order valence-electron chi connectivity index (χ3n) is 2.54. The molecule has 10 heteroatoms. The first-order chi connectivity index (χ1) is 9.48. The van der Waals surface area contributed by atoms with Gasteiger partial charge in [0.05, 0.1) is 17.3 Å². The maximum Gasteiger partial charge on any atom is 0.316 e. The molecule has 1 atom stereocenters. The van der Waals surface area contributed by atoms with Crippen LogP contribution >= 0.6 is 23.1 Å². The third-order valence-corrected chi connectivity index (χ3v) is 6.26. The van der Waals surface area contributed by atoms with Crippen LogP contribution in [0.4, 0.5) is 5.13 Å². The predicted octanol–water partition coefficient (Wildman–Crippen LogP) is 0.792. The molecule has 0 bridgehead atoms. The summed E-state index contributed by atoms with van der Waals surface area (Å²) in [5.74, 6) is -0.276. The van der Waals surface area contributed by atoms with Crippen LogP contribution in [-0.4, -0.2) is 54.5 Å². The second-order valence-corrected chi connectivity index (χ2v) is 8.64. The first kappa shape index (κ1) is 15.5. The van der Waals surface area contributed by atoms with Gasteiger partial charge in [-0.3, -0.25) is 4.79 Å². The van der Waals surface area contributed by atoms with E-state index in [2.05, 4.69) is 15.5 Å². The van der Waals surface area contributed by atoms with Crippen LogP contribution < -0.4 is 5.32 Å². The summed E-state index contributed by atoms with van der Waals surface area (Å²) in [4.78, 5) is 11.6. The largest absolute Gasteiger partial charge is 0.461 e. The highest BCUT2D eigenvalue weighted by Gasteiger charge is 2.30. The van der Waals surface area contributed by atoms with Crippen molar-refractivity contribution in [3.63, 3.8) is 0 Å². The van der Waals surface area contributed by atoms with Crippen molar-refractivity contribution >= 4 is 44.0 Å². The Kier molecular flexibility index (Phi) is 5.22. The van der Waals surface area contributed by atoms with Crippen molar-refractivity contribution in [3.8, 4) is 0 Å². The van der Waals surface area contributed by atoms with E-state index in [1.165, 1.54) is 23.1 Å². The number of ether oxygens (including phenoxy) is 1. The summed E-state index contributed by atoms with van der Waals surface area (Å²) in [6, 6.07) is 0. The Morgan fingerprint density at radius 3 is 3.00 bits per heavy atom. The summed E-state index contributed by atoms with van der Waals surface area (Å²) in [5, 5.41) is 11.6. The van der Waals surface area contributed by atoms with Gasteiger partial charge in [0.25, 0.3) is 0 Å². The Balaban J connectivity index is 1.74. The highest BCUT2D eigenvalue weighted by atomic mass is 32.2. The van der Waals surface area contributed by atoms with E-state index >= 15 is 0 Å². The van der Waals surface area contributed by atoms with Crippen LogP contribution in [0.1, 0.15) is 13.3 Å². The fourth-order valence-electron chi connectivity index (χ4n) is 1.69. The van der Waals surface area contributed by atoms with Crippen molar-refractivity contribution in [1.29, 1.82) is 0 Å². The molecule has 1 aliphatic rings. The summed E-state index contributed by atoms with van der Waals surface area (Å²) in [5.41, 5.74) is 0. The number of nitrogens with zero attached hydrogens (tertiary/aromatic N) is 2. The maximum atomic E-state index is 11.6. The van der Waals surface area contributed by atoms with E-state index in [1.807, 2.05) is 6.92 Å². The molecular formula is C10H15N3O4S3. The normalized spacial score (nSPS) is 20.8. The van der Waals surface area contributed by atoms with Gasteiger partial charge in [-0.15, -0.1) is 10.2 Å². The van der Waals surface area contributed by atoms with Crippen LogP contribution in [0.25, 0.3) is 0 Å². The maximum absolute atomic E-state index is 11.6. The molecule has 1 aromatic rings. The number of hydrogen-bond donors (Lipinski definition) is 1. The van der Waals surface area contributed by atoms with Crippen molar-refractivity contribution in [3.05, 3.63) is 0 Å². The van der Waals surface area contributed by atoms with Crippen LogP contribution in [0.3, 0.4) is 0 Å². The van der Waals surface area contributed by atoms with Gasteiger partial charge in [0.2, 0.25) is 5.13 Å². The van der Waals surface area contributed by atoms with Gasteiger partial charge >= 0.3 is 5.97 Å². The first-order valence-electron chi connectivity index (χ1n) is 6.08. The molecule has 0 spiro atoms. The molecule has 2 heterocycles. The Morgan fingerprint density at radius 1 is 1.55 bits per heavy atom. The SMILES string of the molecule is CCNc1nnc(SCC(=O)O[C@H]2CCS(=O)(=O)C2)s1. The van der Waals surface area contributed by atoms with E-state index in [9.17, 15) is 13.2 Å². The molecule has 7 nitrogen and oxygen atoms in total. The molecule has 1 aliphatic heterocycles. The fraction of sp³-hybridized carbons (Fsp3) is 0.700. The van der Waals surface area contributed by atoms with Gasteiger partial charge in [0.15, 0.2) is 14.2 Å². The lowest BCUT2D eigenvalue weighted by Crippen LogP contribution is -2.20. The molecule has 0 aliphatic carbocycles. The summed E-state index contributed by atoms with van der Waals surface area (Å²) in [6.45, 7) is 2.72. The van der Waals surface area contributed by atoms with Gasteiger partial charge in [-0.05, 0) is 13.3 Å². The minimum absolute atomic E-state index is 0.0627. The minimum atomic E-state index is -3.02. The van der Waals surface area contributed by atoms with Crippen LogP contribution in [0, 0.1) is 0 Å². The molecular weight excluding hydrogens is 322 g/mol. The zero-order valence-electron chi connectivity index (χ0n) is 10.9. The van der Waals surface area contributed by atoms with Gasteiger partial charge in [-0.2, -0.15) is 0 Å². The predicted molar refractivity (Wildman–Crippen MR) is 77.9 cm³/mol. The lowest BCUT2D eigenvalue weighted by atomic mass is 10.3. The molecule has 0 aromatic carbocycles. The summed E-state index contributed by atoms with van der Waals surface area (Å²) in [7, 11) is -3.02. The molecule has 0 unspecified atom stereocenters. The lowest BCUT2D eigenvalue weighted by molar-refractivity contribution is -0.144. The van der Waals surface area contributed by atoms with Crippen molar-refractivity contribution < 1.29 is 17.9 Å². The molecule has 112 valence electrons. The van der Waals surface area contributed by atoms with Gasteiger partial charge in [0, 0.05) is 6.54 Å². The Hall–Kier alpha value is -0.870. The third kappa shape index (κ3) is 4.60. The molecule has 1 N–H and O–H groups in total. The smallest absolute Gasteiger partial charge is 0.316 e. The highest BCUT2D eigenvalue weighted by molar-refractivity contribution is 8.01. The standard InChI is InChI=1S/C10H15N3O4S3/c1-2-11-9-12-13-10(19-9)18-5-8(14)17-7-3-4-20(15,16)6-7/h7H,2-6H2,1H3,(H,11,12)/t7-/m0/s1. The van der Waals surface area contributed by atoms with E-state index < -0.39 is 21.9 Å². The summed E-state index contributed by atoms with van der Waals surface area (Å²) < 4.78 is 28.3. The molecule has 20 heavy (non-hydrogen) atoms. The number of aromatic nitrogens is 2. The molecule has 0 radical (unpaired) electrons. The van der Waals surface area contributed by atoms with Crippen molar-refractivity contribution in [2.75, 3.05) is 29.1 Å². The first-order valence-corrected chi connectivity index (χ1v) is 9.71. The quantitative estimate of drug-likeness (QED) is 0.601. The van der Waals surface area contributed by atoms with E-state index in [0.29, 0.717) is 15.9 Å². The number of hydrogen-bond acceptors (Lipinski definition) is 9. The Morgan fingerprint density at radius 2 is 2.35 bits per heavy atom. The average molecular weight is 337 g/mol. The second kappa shape index (κ2) is 6.72. The summed E-state index contributed by atoms with van der Waals surface area (Å²) in [6.07, 6.45) is -0.109. The zero-order chi connectivity index (χ0) is 14.6. The minimum Gasteiger partial charge on any atom is -0.461 e. The number of rotatable bonds is 6. The molecule has 0 amide bonds. The van der Waals surface area contributed by atoms with Gasteiger partial charge in [0.1, 0.15) is 6.10 Å². The topological polar surface area (TPSA) is 98.2 Å². The van der Waals surface area contributed by atoms with E-state index in [1.54, 1.807) is 0 Å². The average Bonchev–Trinajstić information content (AvgIpc) is 2.94. The van der Waals surface area contributed by atoms with Gasteiger partial charge in [-0.25, -0.2) is 8.42 Å². The molecule has 2 rings (SSSR count). The second-order valence-electron chi connectivity index (χ2n) is 4.21. The highest BCUT2D eigenvalue weighted by Crippen LogP contribution is 2.25. The number of esters is 1. The number of anilines is 1. The fourth-order valence-corrected chi connectivity index (χ4v) is 4.88. The Labute approximate surface area is 125 Å². The van der Waals surface area contributed by atoms with E-state index in [-0.39, 0.29) is 17.3 Å². The number of carbonyl (C=O) groups is 1. The zero-order valence-corrected chi connectivity index (χ0v) is 13.3. The van der Waals surface area contributed by atoms with Crippen molar-refractivity contribution in [2.45, 2.75) is 23.8 Å². The van der Waals surface area contributed by atoms with Crippen LogP contribution in [0.15, 0.2) is 4.34 Å². The van der Waals surface area contributed by atoms with Gasteiger partial charge < -0.3 is 10.1 Å². The molecule has 1 fully saturated rings. The van der Waals surface area contributed by atoms with Crippen molar-refractivity contribution in [1.82, 2.24) is 10.2 Å². The molecule has 1 saturated heterocycles. The van der Waals surface area contributed by atoms with Crippen LogP contribution in [0.2, 0.25) is 0 Å². The Bertz CT molecular complexity index is 572. The van der Waals surface area contributed by atoms with E-state index in [0.717, 1.165) is 6.54 Å². The van der Waals surface area contributed by atoms with Gasteiger partial charge in [-0.1, -0.05) is 23.1 Å². The molecule has 0 saturated carbocycles. The number of nitrogens with one attached hydrogen (secondary N) is 1. The number of sulfone groups is 1. The monoisotopic (exact) mass is 337 g/mol. The lowest BCUT2D eigenvalue weighted by Gasteiger charge is -2.08. The summed E-state index contributed by atoms with van der Waals surface area (Å²) >= 11 is 2.61. The van der Waals surface area contributed by atoms with Crippen LogP contribution in [-0.2, 0) is 19.4 Å². The number of carbonyl (C=O) groups excluding carboxylic acids is 1. The van der Waals surface area contributed by atoms with Crippen LogP contribution in [0.5, 0.6) is 0 Å². The molecule has 1 aromatic heterocycles.